The molecule has 0 unspecified atom stereocenters. The van der Waals surface area contributed by atoms with E-state index in [2.05, 4.69) is 5.32 Å². The molecule has 19 heavy (non-hydrogen) atoms. The molecule has 5 nitrogen and oxygen atoms in total. The number of hydrogen-bond acceptors (Lipinski definition) is 4. The molecular formula is C14H17N3O2. The summed E-state index contributed by atoms with van der Waals surface area (Å²) in [6.45, 7) is 0.350. The van der Waals surface area contributed by atoms with Gasteiger partial charge in [0.1, 0.15) is 17.4 Å². The number of benzene rings is 1. The van der Waals surface area contributed by atoms with E-state index < -0.39 is 0 Å². The Morgan fingerprint density at radius 3 is 2.84 bits per heavy atom. The number of nitriles is 1. The Morgan fingerprint density at radius 1 is 1.53 bits per heavy atom. The van der Waals surface area contributed by atoms with Crippen molar-refractivity contribution in [2.45, 2.75) is 6.54 Å². The molecule has 0 atom stereocenters. The third kappa shape index (κ3) is 4.72. The summed E-state index contributed by atoms with van der Waals surface area (Å²) >= 11 is 0. The Kier molecular flexibility index (Phi) is 5.42. The van der Waals surface area contributed by atoms with Crippen molar-refractivity contribution in [3.8, 4) is 11.8 Å². The highest BCUT2D eigenvalue weighted by Crippen LogP contribution is 2.12. The van der Waals surface area contributed by atoms with Crippen LogP contribution in [0.1, 0.15) is 5.56 Å². The van der Waals surface area contributed by atoms with E-state index >= 15 is 0 Å². The maximum Gasteiger partial charge on any atom is 0.263 e. The number of rotatable bonds is 5. The first kappa shape index (κ1) is 14.6. The number of hydrogen-bond donors (Lipinski definition) is 1. The smallest absolute Gasteiger partial charge is 0.263 e. The zero-order chi connectivity index (χ0) is 14.3. The number of nitrogens with zero attached hydrogens (tertiary/aromatic N) is 2. The van der Waals surface area contributed by atoms with Gasteiger partial charge >= 0.3 is 0 Å². The zero-order valence-corrected chi connectivity index (χ0v) is 11.3. The number of carbonyl (C=O) groups excluding carboxylic acids is 1. The molecule has 0 saturated carbocycles. The van der Waals surface area contributed by atoms with Gasteiger partial charge in [0.25, 0.3) is 5.91 Å². The highest BCUT2D eigenvalue weighted by molar-refractivity contribution is 5.97. The second-order valence-corrected chi connectivity index (χ2v) is 4.15. The lowest BCUT2D eigenvalue weighted by atomic mass is 10.2. The van der Waals surface area contributed by atoms with E-state index in [9.17, 15) is 4.79 Å². The SMILES string of the molecule is COc1cccc(CNC(=O)C(C#N)=CN(C)C)c1. The average Bonchev–Trinajstić information content (AvgIpc) is 2.42. The van der Waals surface area contributed by atoms with E-state index in [1.807, 2.05) is 30.3 Å². The van der Waals surface area contributed by atoms with Crippen molar-refractivity contribution < 1.29 is 9.53 Å². The van der Waals surface area contributed by atoms with Crippen LogP contribution in [0.2, 0.25) is 0 Å². The Hall–Kier alpha value is -2.48. The van der Waals surface area contributed by atoms with Gasteiger partial charge in [-0.05, 0) is 17.7 Å². The number of ether oxygens (including phenoxy) is 1. The minimum Gasteiger partial charge on any atom is -0.497 e. The molecule has 0 radical (unpaired) electrons. The lowest BCUT2D eigenvalue weighted by Gasteiger charge is -2.08. The molecule has 0 aromatic heterocycles. The van der Waals surface area contributed by atoms with E-state index in [1.54, 1.807) is 26.1 Å². The second kappa shape index (κ2) is 7.07. The lowest BCUT2D eigenvalue weighted by Crippen LogP contribution is -2.25. The van der Waals surface area contributed by atoms with Crippen molar-refractivity contribution in [2.75, 3.05) is 21.2 Å². The molecule has 0 aliphatic rings. The summed E-state index contributed by atoms with van der Waals surface area (Å²) in [6, 6.07) is 9.27. The minimum atomic E-state index is -0.390. The molecule has 0 saturated heterocycles. The van der Waals surface area contributed by atoms with E-state index in [-0.39, 0.29) is 11.5 Å². The van der Waals surface area contributed by atoms with Crippen molar-refractivity contribution in [3.05, 3.63) is 41.6 Å². The van der Waals surface area contributed by atoms with Crippen LogP contribution in [0.5, 0.6) is 5.75 Å². The fourth-order valence-corrected chi connectivity index (χ4v) is 1.46. The molecule has 1 N–H and O–H groups in total. The van der Waals surface area contributed by atoms with E-state index in [0.29, 0.717) is 6.54 Å². The molecule has 1 aromatic rings. The van der Waals surface area contributed by atoms with Crippen LogP contribution in [-0.4, -0.2) is 32.0 Å². The molecule has 100 valence electrons. The number of nitrogens with one attached hydrogen (secondary N) is 1. The van der Waals surface area contributed by atoms with Gasteiger partial charge in [0.2, 0.25) is 0 Å². The maximum absolute atomic E-state index is 11.8. The van der Waals surface area contributed by atoms with Crippen LogP contribution in [-0.2, 0) is 11.3 Å². The molecule has 1 aromatic carbocycles. The fourth-order valence-electron chi connectivity index (χ4n) is 1.46. The van der Waals surface area contributed by atoms with Crippen LogP contribution >= 0.6 is 0 Å². The molecule has 1 amide bonds. The van der Waals surface area contributed by atoms with Gasteiger partial charge in [-0.2, -0.15) is 5.26 Å². The molecule has 0 fully saturated rings. The summed E-state index contributed by atoms with van der Waals surface area (Å²) in [5, 5.41) is 11.6. The van der Waals surface area contributed by atoms with Crippen molar-refractivity contribution in [3.63, 3.8) is 0 Å². The van der Waals surface area contributed by atoms with Crippen molar-refractivity contribution in [2.24, 2.45) is 0 Å². The largest absolute Gasteiger partial charge is 0.497 e. The number of amides is 1. The first-order chi connectivity index (χ1) is 9.06. The summed E-state index contributed by atoms with van der Waals surface area (Å²) in [7, 11) is 5.10. The van der Waals surface area contributed by atoms with Gasteiger partial charge in [-0.3, -0.25) is 4.79 Å². The Bertz CT molecular complexity index is 516. The van der Waals surface area contributed by atoms with Crippen molar-refractivity contribution in [1.29, 1.82) is 5.26 Å². The maximum atomic E-state index is 11.8. The van der Waals surface area contributed by atoms with Crippen LogP contribution in [0.4, 0.5) is 0 Å². The van der Waals surface area contributed by atoms with Crippen LogP contribution < -0.4 is 10.1 Å². The summed E-state index contributed by atoms with van der Waals surface area (Å²) in [4.78, 5) is 13.4. The van der Waals surface area contributed by atoms with Crippen LogP contribution in [0, 0.1) is 11.3 Å². The Balaban J connectivity index is 2.66. The first-order valence-electron chi connectivity index (χ1n) is 5.76. The van der Waals surface area contributed by atoms with Crippen molar-refractivity contribution in [1.82, 2.24) is 10.2 Å². The molecule has 0 aliphatic heterocycles. The minimum absolute atomic E-state index is 0.0768. The highest BCUT2D eigenvalue weighted by Gasteiger charge is 2.08. The van der Waals surface area contributed by atoms with Gasteiger partial charge in [-0.1, -0.05) is 12.1 Å². The molecule has 0 heterocycles. The Labute approximate surface area is 113 Å². The Morgan fingerprint density at radius 2 is 2.26 bits per heavy atom. The zero-order valence-electron chi connectivity index (χ0n) is 11.3. The standard InChI is InChI=1S/C14H17N3O2/c1-17(2)10-12(8-15)14(18)16-9-11-5-4-6-13(7-11)19-3/h4-7,10H,9H2,1-3H3,(H,16,18). The van der Waals surface area contributed by atoms with Crippen LogP contribution in [0.3, 0.4) is 0 Å². The topological polar surface area (TPSA) is 65.4 Å². The summed E-state index contributed by atoms with van der Waals surface area (Å²) in [5.74, 6) is 0.343. The van der Waals surface area contributed by atoms with Gasteiger partial charge in [-0.15, -0.1) is 0 Å². The predicted octanol–water partition coefficient (Wildman–Crippen LogP) is 1.28. The van der Waals surface area contributed by atoms with E-state index in [4.69, 9.17) is 10.00 Å². The van der Waals surface area contributed by atoms with Gasteiger partial charge in [-0.25, -0.2) is 0 Å². The monoisotopic (exact) mass is 259 g/mol. The molecule has 0 aliphatic carbocycles. The molecule has 5 heteroatoms. The fraction of sp³-hybridized carbons (Fsp3) is 0.286. The number of carbonyl (C=O) groups is 1. The van der Waals surface area contributed by atoms with Gasteiger partial charge in [0.05, 0.1) is 7.11 Å². The van der Waals surface area contributed by atoms with Crippen LogP contribution in [0.15, 0.2) is 36.0 Å². The molecule has 1 rings (SSSR count). The summed E-state index contributed by atoms with van der Waals surface area (Å²) in [5.41, 5.74) is 0.989. The number of methoxy groups -OCH3 is 1. The second-order valence-electron chi connectivity index (χ2n) is 4.15. The van der Waals surface area contributed by atoms with E-state index in [1.165, 1.54) is 6.20 Å². The van der Waals surface area contributed by atoms with E-state index in [0.717, 1.165) is 11.3 Å². The summed E-state index contributed by atoms with van der Waals surface area (Å²) < 4.78 is 5.10. The summed E-state index contributed by atoms with van der Waals surface area (Å²) in [6.07, 6.45) is 1.49. The van der Waals surface area contributed by atoms with Gasteiger partial charge in [0.15, 0.2) is 0 Å². The normalized spacial score (nSPS) is 10.5. The van der Waals surface area contributed by atoms with Crippen molar-refractivity contribution >= 4 is 5.91 Å². The predicted molar refractivity (Wildman–Crippen MR) is 72.2 cm³/mol. The third-order valence-corrected chi connectivity index (χ3v) is 2.34. The third-order valence-electron chi connectivity index (χ3n) is 2.34. The quantitative estimate of drug-likeness (QED) is 0.639. The van der Waals surface area contributed by atoms with Gasteiger partial charge < -0.3 is 15.0 Å². The first-order valence-corrected chi connectivity index (χ1v) is 5.76. The molecule has 0 bridgehead atoms. The molecule has 0 spiro atoms. The highest BCUT2D eigenvalue weighted by atomic mass is 16.5. The van der Waals surface area contributed by atoms with Gasteiger partial charge in [0, 0.05) is 26.8 Å². The van der Waals surface area contributed by atoms with Crippen LogP contribution in [0.25, 0.3) is 0 Å². The lowest BCUT2D eigenvalue weighted by molar-refractivity contribution is -0.117. The molecular weight excluding hydrogens is 242 g/mol. The average molecular weight is 259 g/mol.